The molecule has 1 heterocycles. The standard InChI is InChI=1S/C23H23N3O3S/c1-16(30-19-10-6-3-7-11-19)23(28)29-15-22(27)24-21-14-20(17-12-13-17)25-26(21)18-8-4-2-5-9-18/h2-11,14,16-17H,12-13,15H2,1H3,(H,24,27). The van der Waals surface area contributed by atoms with Crippen LogP contribution in [-0.4, -0.2) is 33.5 Å². The van der Waals surface area contributed by atoms with Crippen LogP contribution >= 0.6 is 11.8 Å². The number of benzene rings is 2. The molecule has 0 saturated heterocycles. The van der Waals surface area contributed by atoms with Crippen molar-refractivity contribution in [1.29, 1.82) is 0 Å². The van der Waals surface area contributed by atoms with Crippen LogP contribution in [0, 0.1) is 0 Å². The molecule has 1 atom stereocenters. The van der Waals surface area contributed by atoms with Gasteiger partial charge in [0.1, 0.15) is 11.1 Å². The first-order valence-corrected chi connectivity index (χ1v) is 10.8. The number of nitrogens with zero attached hydrogens (tertiary/aromatic N) is 2. The van der Waals surface area contributed by atoms with Crippen LogP contribution in [0.1, 0.15) is 31.4 Å². The summed E-state index contributed by atoms with van der Waals surface area (Å²) in [5.74, 6) is 0.226. The van der Waals surface area contributed by atoms with Crippen molar-refractivity contribution in [2.45, 2.75) is 35.8 Å². The van der Waals surface area contributed by atoms with Crippen LogP contribution in [-0.2, 0) is 14.3 Å². The predicted octanol–water partition coefficient (Wildman–Crippen LogP) is 4.41. The monoisotopic (exact) mass is 421 g/mol. The number of carbonyl (C=O) groups excluding carboxylic acids is 2. The molecule has 7 heteroatoms. The van der Waals surface area contributed by atoms with Gasteiger partial charge < -0.3 is 10.1 Å². The maximum absolute atomic E-state index is 12.4. The highest BCUT2D eigenvalue weighted by atomic mass is 32.2. The van der Waals surface area contributed by atoms with Crippen molar-refractivity contribution in [3.05, 3.63) is 72.4 Å². The van der Waals surface area contributed by atoms with Gasteiger partial charge in [0.25, 0.3) is 5.91 Å². The number of anilines is 1. The summed E-state index contributed by atoms with van der Waals surface area (Å²) >= 11 is 1.40. The van der Waals surface area contributed by atoms with Crippen LogP contribution < -0.4 is 5.32 Å². The zero-order chi connectivity index (χ0) is 20.9. The molecule has 1 amide bonds. The maximum Gasteiger partial charge on any atom is 0.319 e. The average molecular weight is 422 g/mol. The van der Waals surface area contributed by atoms with E-state index in [-0.39, 0.29) is 12.5 Å². The molecular weight excluding hydrogens is 398 g/mol. The average Bonchev–Trinajstić information content (AvgIpc) is 3.54. The van der Waals surface area contributed by atoms with E-state index < -0.39 is 11.2 Å². The fraction of sp³-hybridized carbons (Fsp3) is 0.261. The summed E-state index contributed by atoms with van der Waals surface area (Å²) in [6.07, 6.45) is 2.24. The molecule has 3 aromatic rings. The van der Waals surface area contributed by atoms with Crippen LogP contribution in [0.3, 0.4) is 0 Å². The van der Waals surface area contributed by atoms with Crippen LogP contribution in [0.2, 0.25) is 0 Å². The van der Waals surface area contributed by atoms with E-state index in [1.54, 1.807) is 11.6 Å². The van der Waals surface area contributed by atoms with E-state index >= 15 is 0 Å². The highest BCUT2D eigenvalue weighted by Gasteiger charge is 2.28. The normalized spacial score (nSPS) is 14.2. The van der Waals surface area contributed by atoms with E-state index in [0.717, 1.165) is 29.1 Å². The molecule has 0 bridgehead atoms. The number of aromatic nitrogens is 2. The number of ether oxygens (including phenoxy) is 1. The summed E-state index contributed by atoms with van der Waals surface area (Å²) < 4.78 is 6.94. The van der Waals surface area contributed by atoms with Gasteiger partial charge in [-0.1, -0.05) is 36.4 Å². The molecule has 30 heavy (non-hydrogen) atoms. The number of carbonyl (C=O) groups is 2. The van der Waals surface area contributed by atoms with Crippen molar-refractivity contribution >= 4 is 29.5 Å². The fourth-order valence-electron chi connectivity index (χ4n) is 3.02. The van der Waals surface area contributed by atoms with Gasteiger partial charge in [0.2, 0.25) is 0 Å². The summed E-state index contributed by atoms with van der Waals surface area (Å²) in [5, 5.41) is 7.08. The summed E-state index contributed by atoms with van der Waals surface area (Å²) in [4.78, 5) is 25.7. The van der Waals surface area contributed by atoms with Gasteiger partial charge in [-0.2, -0.15) is 5.10 Å². The largest absolute Gasteiger partial charge is 0.455 e. The second-order valence-electron chi connectivity index (χ2n) is 7.21. The smallest absolute Gasteiger partial charge is 0.319 e. The Morgan fingerprint density at radius 2 is 1.80 bits per heavy atom. The molecule has 1 aliphatic rings. The molecule has 0 aliphatic heterocycles. The van der Waals surface area contributed by atoms with Gasteiger partial charge in [0.05, 0.1) is 11.4 Å². The Hall–Kier alpha value is -3.06. The summed E-state index contributed by atoms with van der Waals surface area (Å²) in [5.41, 5.74) is 1.84. The van der Waals surface area contributed by atoms with E-state index in [9.17, 15) is 9.59 Å². The minimum Gasteiger partial charge on any atom is -0.455 e. The van der Waals surface area contributed by atoms with Crippen molar-refractivity contribution in [2.75, 3.05) is 11.9 Å². The molecule has 1 saturated carbocycles. The van der Waals surface area contributed by atoms with Gasteiger partial charge >= 0.3 is 5.97 Å². The predicted molar refractivity (Wildman–Crippen MR) is 117 cm³/mol. The second kappa shape index (κ2) is 9.17. The van der Waals surface area contributed by atoms with Crippen molar-refractivity contribution in [3.8, 4) is 5.69 Å². The molecule has 1 unspecified atom stereocenters. The molecule has 1 fully saturated rings. The highest BCUT2D eigenvalue weighted by Crippen LogP contribution is 2.40. The highest BCUT2D eigenvalue weighted by molar-refractivity contribution is 8.00. The van der Waals surface area contributed by atoms with Gasteiger partial charge in [-0.3, -0.25) is 9.59 Å². The Morgan fingerprint density at radius 3 is 2.47 bits per heavy atom. The van der Waals surface area contributed by atoms with E-state index in [1.165, 1.54) is 11.8 Å². The van der Waals surface area contributed by atoms with Gasteiger partial charge in [-0.25, -0.2) is 4.68 Å². The third kappa shape index (κ3) is 5.10. The number of hydrogen-bond donors (Lipinski definition) is 1. The Morgan fingerprint density at radius 1 is 1.13 bits per heavy atom. The quantitative estimate of drug-likeness (QED) is 0.431. The molecule has 1 aromatic heterocycles. The molecule has 154 valence electrons. The zero-order valence-electron chi connectivity index (χ0n) is 16.7. The zero-order valence-corrected chi connectivity index (χ0v) is 17.5. The summed E-state index contributed by atoms with van der Waals surface area (Å²) in [6, 6.07) is 21.2. The first kappa shape index (κ1) is 20.2. The van der Waals surface area contributed by atoms with Crippen molar-refractivity contribution < 1.29 is 14.3 Å². The third-order valence-electron chi connectivity index (χ3n) is 4.73. The maximum atomic E-state index is 12.4. The van der Waals surface area contributed by atoms with E-state index in [0.29, 0.717) is 11.7 Å². The van der Waals surface area contributed by atoms with Crippen LogP contribution in [0.25, 0.3) is 5.69 Å². The lowest BCUT2D eigenvalue weighted by Gasteiger charge is -2.12. The lowest BCUT2D eigenvalue weighted by molar-refractivity contribution is -0.146. The van der Waals surface area contributed by atoms with Gasteiger partial charge in [0.15, 0.2) is 6.61 Å². The Balaban J connectivity index is 1.36. The molecule has 2 aromatic carbocycles. The number of amides is 1. The Bertz CT molecular complexity index is 1020. The van der Waals surface area contributed by atoms with Gasteiger partial charge in [-0.15, -0.1) is 11.8 Å². The van der Waals surface area contributed by atoms with Crippen LogP contribution in [0.5, 0.6) is 0 Å². The van der Waals surface area contributed by atoms with Gasteiger partial charge in [0, 0.05) is 16.9 Å². The minimum atomic E-state index is -0.422. The molecule has 6 nitrogen and oxygen atoms in total. The Kier molecular flexibility index (Phi) is 6.18. The van der Waals surface area contributed by atoms with E-state index in [2.05, 4.69) is 10.4 Å². The van der Waals surface area contributed by atoms with Crippen molar-refractivity contribution in [3.63, 3.8) is 0 Å². The summed E-state index contributed by atoms with van der Waals surface area (Å²) in [7, 11) is 0. The topological polar surface area (TPSA) is 73.2 Å². The van der Waals surface area contributed by atoms with E-state index in [4.69, 9.17) is 4.74 Å². The first-order chi connectivity index (χ1) is 14.6. The van der Waals surface area contributed by atoms with Crippen molar-refractivity contribution in [1.82, 2.24) is 9.78 Å². The number of esters is 1. The molecule has 4 rings (SSSR count). The second-order valence-corrected chi connectivity index (χ2v) is 8.62. The first-order valence-electron chi connectivity index (χ1n) is 9.94. The van der Waals surface area contributed by atoms with Crippen molar-refractivity contribution in [2.24, 2.45) is 0 Å². The Labute approximate surface area is 179 Å². The number of nitrogens with one attached hydrogen (secondary N) is 1. The number of para-hydroxylation sites is 1. The summed E-state index contributed by atoms with van der Waals surface area (Å²) in [6.45, 7) is 1.43. The van der Waals surface area contributed by atoms with E-state index in [1.807, 2.05) is 66.7 Å². The molecule has 0 spiro atoms. The molecule has 1 aliphatic carbocycles. The lowest BCUT2D eigenvalue weighted by Crippen LogP contribution is -2.25. The van der Waals surface area contributed by atoms with Crippen LogP contribution in [0.15, 0.2) is 71.6 Å². The van der Waals surface area contributed by atoms with Gasteiger partial charge in [-0.05, 0) is 44.0 Å². The lowest BCUT2D eigenvalue weighted by atomic mass is 10.3. The molecule has 0 radical (unpaired) electrons. The number of rotatable bonds is 8. The SMILES string of the molecule is CC(Sc1ccccc1)C(=O)OCC(=O)Nc1cc(C2CC2)nn1-c1ccccc1. The fourth-order valence-corrected chi connectivity index (χ4v) is 3.90. The molecule has 1 N–H and O–H groups in total. The van der Waals surface area contributed by atoms with Crippen LogP contribution in [0.4, 0.5) is 5.82 Å². The third-order valence-corrected chi connectivity index (χ3v) is 5.82. The number of hydrogen-bond acceptors (Lipinski definition) is 5. The molecular formula is C23H23N3O3S. The minimum absolute atomic E-state index is 0.336. The number of thioether (sulfide) groups is 1.